The van der Waals surface area contributed by atoms with Crippen molar-refractivity contribution in [3.8, 4) is 11.1 Å². The van der Waals surface area contributed by atoms with Crippen LogP contribution in [-0.2, 0) is 16.3 Å². The van der Waals surface area contributed by atoms with Gasteiger partial charge >= 0.3 is 16.3 Å². The fraction of sp³-hybridized carbons (Fsp3) is 0.0909. The van der Waals surface area contributed by atoms with Crippen LogP contribution in [0.15, 0.2) is 33.9 Å². The quantitative estimate of drug-likeness (QED) is 0.826. The molecule has 3 nitrogen and oxygen atoms in total. The van der Waals surface area contributed by atoms with Gasteiger partial charge in [0.25, 0.3) is 0 Å². The van der Waals surface area contributed by atoms with E-state index in [2.05, 4.69) is 0 Å². The number of hydrogen-bond donors (Lipinski definition) is 1. The Bertz CT molecular complexity index is 751. The Hall–Kier alpha value is -1.09. The van der Waals surface area contributed by atoms with Crippen molar-refractivity contribution in [2.75, 3.05) is 0 Å². The molecule has 0 saturated heterocycles. The highest BCUT2D eigenvalue weighted by Crippen LogP contribution is 2.37. The van der Waals surface area contributed by atoms with Crippen molar-refractivity contribution in [3.05, 3.63) is 40.2 Å². The van der Waals surface area contributed by atoms with Crippen molar-refractivity contribution in [2.45, 2.75) is 10.4 Å². The van der Waals surface area contributed by atoms with Crippen molar-refractivity contribution in [1.82, 2.24) is 0 Å². The molecule has 0 aliphatic heterocycles. The monoisotopic (exact) mass is 342 g/mol. The molecule has 0 bridgehead atoms. The Morgan fingerprint density at radius 1 is 1.20 bits per heavy atom. The molecule has 0 spiro atoms. The van der Waals surface area contributed by atoms with Crippen LogP contribution in [0.25, 0.3) is 11.1 Å². The first-order chi connectivity index (χ1) is 9.09. The molecule has 1 N–H and O–H groups in total. The number of thiophene rings is 1. The number of hydrogen-bond acceptors (Lipinski definition) is 3. The number of halogens is 4. The van der Waals surface area contributed by atoms with Gasteiger partial charge in [-0.25, -0.2) is 0 Å². The van der Waals surface area contributed by atoms with Crippen LogP contribution in [0.4, 0.5) is 13.2 Å². The third-order valence-corrected chi connectivity index (χ3v) is 5.03. The Balaban J connectivity index is 2.55. The average molecular weight is 343 g/mol. The molecule has 2 rings (SSSR count). The molecule has 0 aliphatic rings. The summed E-state index contributed by atoms with van der Waals surface area (Å²) in [5.74, 6) is 0. The van der Waals surface area contributed by atoms with Crippen LogP contribution in [0.2, 0.25) is 5.02 Å². The molecule has 108 valence electrons. The Morgan fingerprint density at radius 3 is 2.35 bits per heavy atom. The average Bonchev–Trinajstić information content (AvgIpc) is 2.76. The molecule has 0 aliphatic carbocycles. The third-order valence-electron chi connectivity index (χ3n) is 2.43. The maximum atomic E-state index is 12.6. The van der Waals surface area contributed by atoms with Crippen LogP contribution in [0.1, 0.15) is 5.56 Å². The molecule has 1 aromatic carbocycles. The largest absolute Gasteiger partial charge is 0.416 e. The minimum Gasteiger partial charge on any atom is -0.281 e. The second-order valence-electron chi connectivity index (χ2n) is 3.82. The Morgan fingerprint density at radius 2 is 1.85 bits per heavy atom. The fourth-order valence-electron chi connectivity index (χ4n) is 1.52. The molecular weight excluding hydrogens is 337 g/mol. The van der Waals surface area contributed by atoms with Gasteiger partial charge in [0.2, 0.25) is 0 Å². The van der Waals surface area contributed by atoms with E-state index in [1.165, 1.54) is 5.38 Å². The molecule has 0 amide bonds. The van der Waals surface area contributed by atoms with E-state index in [1.807, 2.05) is 0 Å². The maximum absolute atomic E-state index is 12.6. The molecule has 0 unspecified atom stereocenters. The predicted octanol–water partition coefficient (Wildman–Crippen LogP) is 4.33. The highest BCUT2D eigenvalue weighted by Gasteiger charge is 2.31. The van der Waals surface area contributed by atoms with Gasteiger partial charge in [-0.15, -0.1) is 11.3 Å². The van der Waals surface area contributed by atoms with E-state index < -0.39 is 21.9 Å². The summed E-state index contributed by atoms with van der Waals surface area (Å²) in [6.07, 6.45) is -4.53. The van der Waals surface area contributed by atoms with Gasteiger partial charge in [-0.3, -0.25) is 4.55 Å². The summed E-state index contributed by atoms with van der Waals surface area (Å²) < 4.78 is 68.3. The molecule has 0 radical (unpaired) electrons. The first-order valence-electron chi connectivity index (χ1n) is 5.02. The topological polar surface area (TPSA) is 54.4 Å². The molecule has 1 aromatic heterocycles. The number of alkyl halides is 3. The van der Waals surface area contributed by atoms with E-state index in [-0.39, 0.29) is 20.4 Å². The summed E-state index contributed by atoms with van der Waals surface area (Å²) in [6.45, 7) is 0. The molecule has 9 heteroatoms. The lowest BCUT2D eigenvalue weighted by Gasteiger charge is -2.09. The number of rotatable bonds is 2. The van der Waals surface area contributed by atoms with Gasteiger partial charge in [0.1, 0.15) is 4.21 Å². The van der Waals surface area contributed by atoms with Crippen molar-refractivity contribution in [2.24, 2.45) is 0 Å². The van der Waals surface area contributed by atoms with E-state index in [1.54, 1.807) is 0 Å². The standard InChI is InChI=1S/C11H6ClF3O3S2/c12-9-2-1-7(11(13,14)15)4-8(9)6-3-10(19-5-6)20(16,17)18/h1-5H,(H,16,17,18). The van der Waals surface area contributed by atoms with Crippen LogP contribution >= 0.6 is 22.9 Å². The summed E-state index contributed by atoms with van der Waals surface area (Å²) in [7, 11) is -4.39. The van der Waals surface area contributed by atoms with E-state index in [0.717, 1.165) is 24.3 Å². The van der Waals surface area contributed by atoms with Gasteiger partial charge in [-0.2, -0.15) is 21.6 Å². The summed E-state index contributed by atoms with van der Waals surface area (Å²) in [5, 5.41) is 1.36. The van der Waals surface area contributed by atoms with Crippen molar-refractivity contribution in [3.63, 3.8) is 0 Å². The summed E-state index contributed by atoms with van der Waals surface area (Å²) in [4.78, 5) is 0. The number of benzene rings is 1. The molecule has 0 atom stereocenters. The lowest BCUT2D eigenvalue weighted by molar-refractivity contribution is -0.137. The minimum atomic E-state index is -4.53. The SMILES string of the molecule is O=S(=O)(O)c1cc(-c2cc(C(F)(F)F)ccc2Cl)cs1. The summed E-state index contributed by atoms with van der Waals surface area (Å²) in [6, 6.07) is 3.83. The van der Waals surface area contributed by atoms with Gasteiger partial charge in [-0.05, 0) is 29.8 Å². The van der Waals surface area contributed by atoms with Crippen LogP contribution in [0.3, 0.4) is 0 Å². The van der Waals surface area contributed by atoms with Crippen LogP contribution in [-0.4, -0.2) is 13.0 Å². The predicted molar refractivity (Wildman–Crippen MR) is 69.6 cm³/mol. The zero-order valence-electron chi connectivity index (χ0n) is 9.48. The highest BCUT2D eigenvalue weighted by molar-refractivity contribution is 7.88. The third kappa shape index (κ3) is 3.14. The smallest absolute Gasteiger partial charge is 0.281 e. The minimum absolute atomic E-state index is 0.0487. The second-order valence-corrected chi connectivity index (χ2v) is 6.79. The molecule has 0 saturated carbocycles. The van der Waals surface area contributed by atoms with Crippen molar-refractivity contribution in [1.29, 1.82) is 0 Å². The van der Waals surface area contributed by atoms with Gasteiger partial charge in [0.05, 0.1) is 5.56 Å². The van der Waals surface area contributed by atoms with Crippen molar-refractivity contribution >= 4 is 33.1 Å². The first kappa shape index (κ1) is 15.3. The Labute approximate surface area is 121 Å². The Kier molecular flexibility index (Phi) is 3.85. The molecule has 0 fully saturated rings. The van der Waals surface area contributed by atoms with E-state index in [4.69, 9.17) is 16.2 Å². The van der Waals surface area contributed by atoms with E-state index in [9.17, 15) is 21.6 Å². The van der Waals surface area contributed by atoms with E-state index in [0.29, 0.717) is 11.3 Å². The first-order valence-corrected chi connectivity index (χ1v) is 7.72. The molecule has 1 heterocycles. The van der Waals surface area contributed by atoms with Gasteiger partial charge in [-0.1, -0.05) is 11.6 Å². The molecular formula is C11H6ClF3O3S2. The zero-order valence-corrected chi connectivity index (χ0v) is 11.9. The molecule has 2 aromatic rings. The highest BCUT2D eigenvalue weighted by atomic mass is 35.5. The van der Waals surface area contributed by atoms with Crippen molar-refractivity contribution < 1.29 is 26.1 Å². The molecule has 20 heavy (non-hydrogen) atoms. The lowest BCUT2D eigenvalue weighted by Crippen LogP contribution is -2.04. The van der Waals surface area contributed by atoms with Crippen LogP contribution in [0.5, 0.6) is 0 Å². The zero-order chi connectivity index (χ0) is 15.1. The lowest BCUT2D eigenvalue weighted by atomic mass is 10.1. The summed E-state index contributed by atoms with van der Waals surface area (Å²) in [5.41, 5.74) is -0.650. The normalized spacial score (nSPS) is 12.7. The van der Waals surface area contributed by atoms with Gasteiger partial charge in [0, 0.05) is 16.0 Å². The van der Waals surface area contributed by atoms with Crippen LogP contribution in [0, 0.1) is 0 Å². The van der Waals surface area contributed by atoms with Gasteiger partial charge in [0.15, 0.2) is 0 Å². The van der Waals surface area contributed by atoms with E-state index >= 15 is 0 Å². The fourth-order valence-corrected chi connectivity index (χ4v) is 3.28. The van der Waals surface area contributed by atoms with Gasteiger partial charge < -0.3 is 0 Å². The second kappa shape index (κ2) is 5.03. The van der Waals surface area contributed by atoms with Crippen LogP contribution < -0.4 is 0 Å². The summed E-state index contributed by atoms with van der Waals surface area (Å²) >= 11 is 6.53. The maximum Gasteiger partial charge on any atom is 0.416 e.